The molecule has 2 amide bonds. The summed E-state index contributed by atoms with van der Waals surface area (Å²) in [6, 6.07) is 9.38. The zero-order valence-corrected chi connectivity index (χ0v) is 14.1. The molecule has 134 valence electrons. The highest BCUT2D eigenvalue weighted by Crippen LogP contribution is 2.40. The molecule has 1 aliphatic rings. The molecule has 0 aromatic heterocycles. The van der Waals surface area contributed by atoms with Gasteiger partial charge in [0.05, 0.1) is 16.2 Å². The summed E-state index contributed by atoms with van der Waals surface area (Å²) in [6.07, 6.45) is -4.59. The number of alkyl halides is 3. The number of halogens is 4. The van der Waals surface area contributed by atoms with Crippen LogP contribution in [0.5, 0.6) is 0 Å². The third-order valence-corrected chi connectivity index (χ3v) is 4.86. The topological polar surface area (TPSA) is 37.4 Å². The smallest absolute Gasteiger partial charge is 0.268 e. The summed E-state index contributed by atoms with van der Waals surface area (Å²) < 4.78 is 51.7. The fraction of sp³-hybridized carbons (Fsp3) is 0.111. The number of benzene rings is 2. The Hall–Kier alpha value is -2.61. The Morgan fingerprint density at radius 1 is 1.04 bits per heavy atom. The zero-order chi connectivity index (χ0) is 19.1. The van der Waals surface area contributed by atoms with E-state index in [1.165, 1.54) is 30.3 Å². The molecule has 3 rings (SSSR count). The van der Waals surface area contributed by atoms with E-state index in [2.05, 4.69) is 0 Å². The van der Waals surface area contributed by atoms with Gasteiger partial charge in [0.25, 0.3) is 11.1 Å². The zero-order valence-electron chi connectivity index (χ0n) is 13.3. The molecular weight excluding hydrogens is 370 g/mol. The number of nitrogens with zero attached hydrogens (tertiary/aromatic N) is 1. The lowest BCUT2D eigenvalue weighted by molar-refractivity contribution is -0.137. The average Bonchev–Trinajstić information content (AvgIpc) is 2.89. The molecule has 0 atom stereocenters. The predicted molar refractivity (Wildman–Crippen MR) is 90.9 cm³/mol. The van der Waals surface area contributed by atoms with E-state index in [0.717, 1.165) is 18.2 Å². The van der Waals surface area contributed by atoms with Crippen molar-refractivity contribution >= 4 is 34.2 Å². The van der Waals surface area contributed by atoms with Crippen LogP contribution in [-0.2, 0) is 11.0 Å². The summed E-state index contributed by atoms with van der Waals surface area (Å²) >= 11 is 0.639. The number of allylic oxidation sites excluding steroid dienone is 1. The first-order valence-electron chi connectivity index (χ1n) is 7.39. The molecule has 1 fully saturated rings. The van der Waals surface area contributed by atoms with Crippen molar-refractivity contribution in [3.05, 3.63) is 70.4 Å². The number of hydrogen-bond donors (Lipinski definition) is 0. The summed E-state index contributed by atoms with van der Waals surface area (Å²) in [5.74, 6) is -1.15. The quantitative estimate of drug-likeness (QED) is 0.511. The van der Waals surface area contributed by atoms with Crippen LogP contribution < -0.4 is 4.90 Å². The number of rotatable bonds is 2. The van der Waals surface area contributed by atoms with Crippen molar-refractivity contribution < 1.29 is 27.2 Å². The van der Waals surface area contributed by atoms with Gasteiger partial charge in [0.15, 0.2) is 0 Å². The average molecular weight is 381 g/mol. The van der Waals surface area contributed by atoms with E-state index in [9.17, 15) is 27.2 Å². The largest absolute Gasteiger partial charge is 0.416 e. The van der Waals surface area contributed by atoms with Gasteiger partial charge in [-0.15, -0.1) is 0 Å². The molecular formula is C18H11F4NO2S. The van der Waals surface area contributed by atoms with Crippen molar-refractivity contribution in [2.75, 3.05) is 4.90 Å². The minimum atomic E-state index is -4.59. The molecule has 0 radical (unpaired) electrons. The third kappa shape index (κ3) is 3.37. The van der Waals surface area contributed by atoms with Gasteiger partial charge in [0, 0.05) is 0 Å². The van der Waals surface area contributed by atoms with Crippen LogP contribution in [0, 0.1) is 5.82 Å². The molecule has 2 aromatic rings. The predicted octanol–water partition coefficient (Wildman–Crippen LogP) is 5.48. The highest BCUT2D eigenvalue weighted by Gasteiger charge is 2.39. The molecule has 0 bridgehead atoms. The van der Waals surface area contributed by atoms with Crippen molar-refractivity contribution in [2.24, 2.45) is 0 Å². The molecule has 0 N–H and O–H groups in total. The second-order valence-electron chi connectivity index (χ2n) is 5.52. The van der Waals surface area contributed by atoms with Gasteiger partial charge in [-0.3, -0.25) is 9.59 Å². The van der Waals surface area contributed by atoms with Crippen LogP contribution in [0.25, 0.3) is 5.57 Å². The van der Waals surface area contributed by atoms with Gasteiger partial charge in [-0.1, -0.05) is 18.2 Å². The second kappa shape index (κ2) is 6.60. The Morgan fingerprint density at radius 3 is 2.31 bits per heavy atom. The monoisotopic (exact) mass is 381 g/mol. The fourth-order valence-electron chi connectivity index (χ4n) is 2.47. The van der Waals surface area contributed by atoms with E-state index in [4.69, 9.17) is 0 Å². The van der Waals surface area contributed by atoms with Gasteiger partial charge in [0.2, 0.25) is 0 Å². The Bertz CT molecular complexity index is 920. The lowest BCUT2D eigenvalue weighted by Crippen LogP contribution is -2.28. The Morgan fingerprint density at radius 2 is 1.69 bits per heavy atom. The summed E-state index contributed by atoms with van der Waals surface area (Å²) in [7, 11) is 0. The van der Waals surface area contributed by atoms with E-state index in [1.807, 2.05) is 0 Å². The van der Waals surface area contributed by atoms with Crippen LogP contribution in [0.4, 0.5) is 28.0 Å². The van der Waals surface area contributed by atoms with Crippen LogP contribution in [0.3, 0.4) is 0 Å². The van der Waals surface area contributed by atoms with Crippen molar-refractivity contribution in [2.45, 2.75) is 13.1 Å². The highest BCUT2D eigenvalue weighted by molar-refractivity contribution is 8.19. The summed E-state index contributed by atoms with van der Waals surface area (Å²) in [6.45, 7) is 1.59. The Labute approximate surface area is 150 Å². The van der Waals surface area contributed by atoms with Gasteiger partial charge < -0.3 is 0 Å². The van der Waals surface area contributed by atoms with Crippen LogP contribution in [0.1, 0.15) is 18.1 Å². The number of thioether (sulfide) groups is 1. The molecule has 1 aliphatic heterocycles. The minimum Gasteiger partial charge on any atom is -0.268 e. The number of amides is 2. The highest BCUT2D eigenvalue weighted by atomic mass is 32.2. The maximum Gasteiger partial charge on any atom is 0.416 e. The number of anilines is 1. The number of carbonyl (C=O) groups excluding carboxylic acids is 2. The standard InChI is InChI=1S/C18H11F4NO2S/c1-10(11-5-7-13(19)8-6-11)15-16(24)23(17(25)26-15)14-4-2-3-12(9-14)18(20,21)22/h2-9H,1H3/b15-10-. The molecule has 1 heterocycles. The van der Waals surface area contributed by atoms with Gasteiger partial charge >= 0.3 is 6.18 Å². The van der Waals surface area contributed by atoms with E-state index >= 15 is 0 Å². The second-order valence-corrected chi connectivity index (χ2v) is 6.48. The lowest BCUT2D eigenvalue weighted by Gasteiger charge is -2.15. The van der Waals surface area contributed by atoms with Crippen molar-refractivity contribution in [3.8, 4) is 0 Å². The number of carbonyl (C=O) groups is 2. The maximum atomic E-state index is 13.0. The molecule has 3 nitrogen and oxygen atoms in total. The first kappa shape index (κ1) is 18.2. The normalized spacial score (nSPS) is 17.0. The van der Waals surface area contributed by atoms with Gasteiger partial charge in [-0.05, 0) is 60.2 Å². The van der Waals surface area contributed by atoms with Crippen LogP contribution in [0.15, 0.2) is 53.4 Å². The van der Waals surface area contributed by atoms with E-state index in [1.54, 1.807) is 6.92 Å². The van der Waals surface area contributed by atoms with Crippen molar-refractivity contribution in [3.63, 3.8) is 0 Å². The van der Waals surface area contributed by atoms with E-state index in [0.29, 0.717) is 27.8 Å². The molecule has 8 heteroatoms. The molecule has 0 saturated carbocycles. The van der Waals surface area contributed by atoms with E-state index < -0.39 is 28.7 Å². The van der Waals surface area contributed by atoms with Crippen molar-refractivity contribution in [1.82, 2.24) is 0 Å². The first-order chi connectivity index (χ1) is 12.2. The summed E-state index contributed by atoms with van der Waals surface area (Å²) in [5, 5.41) is -0.689. The SMILES string of the molecule is C/C(=C1/SC(=O)N(c2cccc(C(F)(F)F)c2)C1=O)c1ccc(F)cc1. The molecule has 26 heavy (non-hydrogen) atoms. The Balaban J connectivity index is 2.00. The minimum absolute atomic E-state index is 0.0963. The molecule has 0 aliphatic carbocycles. The number of hydrogen-bond acceptors (Lipinski definition) is 3. The molecule has 0 spiro atoms. The molecule has 2 aromatic carbocycles. The molecule has 1 saturated heterocycles. The van der Waals surface area contributed by atoms with Crippen LogP contribution in [0.2, 0.25) is 0 Å². The summed E-state index contributed by atoms with van der Waals surface area (Å²) in [4.78, 5) is 25.7. The van der Waals surface area contributed by atoms with Gasteiger partial charge in [-0.2, -0.15) is 13.2 Å². The Kier molecular flexibility index (Phi) is 4.62. The summed E-state index contributed by atoms with van der Waals surface area (Å²) in [5.41, 5.74) is -0.110. The fourth-order valence-corrected chi connectivity index (χ4v) is 3.38. The maximum absolute atomic E-state index is 13.0. The first-order valence-corrected chi connectivity index (χ1v) is 8.20. The van der Waals surface area contributed by atoms with Crippen LogP contribution >= 0.6 is 11.8 Å². The van der Waals surface area contributed by atoms with Crippen molar-refractivity contribution in [1.29, 1.82) is 0 Å². The van der Waals surface area contributed by atoms with Gasteiger partial charge in [0.1, 0.15) is 5.82 Å². The van der Waals surface area contributed by atoms with Crippen LogP contribution in [-0.4, -0.2) is 11.1 Å². The lowest BCUT2D eigenvalue weighted by atomic mass is 10.1. The van der Waals surface area contributed by atoms with E-state index in [-0.39, 0.29) is 10.6 Å². The molecule has 0 unspecified atom stereocenters. The third-order valence-electron chi connectivity index (χ3n) is 3.82. The van der Waals surface area contributed by atoms with Gasteiger partial charge in [-0.25, -0.2) is 9.29 Å². The number of imide groups is 1.